The van der Waals surface area contributed by atoms with E-state index < -0.39 is 10.8 Å². The summed E-state index contributed by atoms with van der Waals surface area (Å²) in [6, 6.07) is 9.47. The first kappa shape index (κ1) is 11.5. The maximum Gasteiger partial charge on any atom is 0.0570 e. The first-order chi connectivity index (χ1) is 6.74. The molecular weight excluding hydrogens is 216 g/mol. The molecule has 0 radical (unpaired) electrons. The highest BCUT2D eigenvalue weighted by Crippen LogP contribution is 2.08. The largest absolute Gasteiger partial charge is 0.254 e. The van der Waals surface area contributed by atoms with Crippen molar-refractivity contribution in [1.29, 1.82) is 0 Å². The summed E-state index contributed by atoms with van der Waals surface area (Å²) < 4.78 is 11.8. The molecule has 0 bridgehead atoms. The molecule has 0 aliphatic heterocycles. The van der Waals surface area contributed by atoms with Gasteiger partial charge in [0.25, 0.3) is 0 Å². The van der Waals surface area contributed by atoms with Crippen LogP contribution in [0.4, 0.5) is 0 Å². The van der Waals surface area contributed by atoms with Crippen molar-refractivity contribution in [2.45, 2.75) is 11.8 Å². The van der Waals surface area contributed by atoms with Gasteiger partial charge in [0.15, 0.2) is 0 Å². The zero-order chi connectivity index (χ0) is 10.4. The lowest BCUT2D eigenvalue weighted by Gasteiger charge is -2.01. The van der Waals surface area contributed by atoms with Crippen LogP contribution in [0.2, 0.25) is 0 Å². The van der Waals surface area contributed by atoms with Gasteiger partial charge in [-0.1, -0.05) is 29.8 Å². The topological polar surface area (TPSA) is 17.1 Å². The maximum atomic E-state index is 11.8. The predicted octanol–water partition coefficient (Wildman–Crippen LogP) is 2.98. The van der Waals surface area contributed by atoms with E-state index in [-0.39, 0.29) is 0 Å². The van der Waals surface area contributed by atoms with Crippen molar-refractivity contribution in [2.24, 2.45) is 0 Å². The molecule has 0 saturated heterocycles. The minimum atomic E-state index is -0.942. The molecule has 1 nitrogen and oxygen atoms in total. The average Bonchev–Trinajstić information content (AvgIpc) is 2.19. The van der Waals surface area contributed by atoms with Gasteiger partial charge in [-0.3, -0.25) is 4.21 Å². The third-order valence-corrected chi connectivity index (χ3v) is 3.46. The van der Waals surface area contributed by atoms with Crippen LogP contribution in [0.25, 0.3) is 0 Å². The molecule has 14 heavy (non-hydrogen) atoms. The Labute approximate surface area is 92.2 Å². The smallest absolute Gasteiger partial charge is 0.0570 e. The van der Waals surface area contributed by atoms with Crippen molar-refractivity contribution in [3.8, 4) is 0 Å². The van der Waals surface area contributed by atoms with Gasteiger partial charge in [0.1, 0.15) is 0 Å². The van der Waals surface area contributed by atoms with Gasteiger partial charge in [0.2, 0.25) is 0 Å². The monoisotopic (exact) mass is 228 g/mol. The van der Waals surface area contributed by atoms with E-state index in [0.29, 0.717) is 11.6 Å². The molecule has 1 aromatic rings. The maximum absolute atomic E-state index is 11.8. The molecule has 1 aromatic carbocycles. The highest BCUT2D eigenvalue weighted by Gasteiger charge is 2.02. The molecule has 0 spiro atoms. The van der Waals surface area contributed by atoms with Crippen molar-refractivity contribution in [1.82, 2.24) is 0 Å². The summed E-state index contributed by atoms with van der Waals surface area (Å²) in [5.41, 5.74) is 1.07. The standard InChI is InChI=1S/C11H13ClOS/c1-10(7-8-12)9-14(13)11-5-3-2-4-6-11/h2-7H,8-9H2,1H3/b10-7+. The van der Waals surface area contributed by atoms with Gasteiger partial charge in [0.05, 0.1) is 10.8 Å². The SMILES string of the molecule is C/C(=C\CCl)CS(=O)c1ccccc1. The highest BCUT2D eigenvalue weighted by molar-refractivity contribution is 7.85. The number of hydrogen-bond donors (Lipinski definition) is 0. The molecule has 0 N–H and O–H groups in total. The van der Waals surface area contributed by atoms with E-state index in [1.807, 2.05) is 43.3 Å². The summed E-state index contributed by atoms with van der Waals surface area (Å²) in [5.74, 6) is 1.05. The predicted molar refractivity (Wildman–Crippen MR) is 62.2 cm³/mol. The number of allylic oxidation sites excluding steroid dienone is 1. The molecule has 76 valence electrons. The fourth-order valence-corrected chi connectivity index (χ4v) is 2.48. The Hall–Kier alpha value is -0.600. The van der Waals surface area contributed by atoms with Crippen LogP contribution >= 0.6 is 11.6 Å². The minimum absolute atomic E-state index is 0.484. The zero-order valence-electron chi connectivity index (χ0n) is 8.07. The van der Waals surface area contributed by atoms with E-state index in [2.05, 4.69) is 0 Å². The Morgan fingerprint density at radius 3 is 2.64 bits per heavy atom. The summed E-state index contributed by atoms with van der Waals surface area (Å²) in [7, 11) is -0.942. The highest BCUT2D eigenvalue weighted by atomic mass is 35.5. The molecule has 1 unspecified atom stereocenters. The number of halogens is 1. The van der Waals surface area contributed by atoms with Crippen molar-refractivity contribution >= 4 is 22.4 Å². The van der Waals surface area contributed by atoms with Crippen molar-refractivity contribution < 1.29 is 4.21 Å². The van der Waals surface area contributed by atoms with Gasteiger partial charge in [-0.2, -0.15) is 0 Å². The Balaban J connectivity index is 2.64. The molecule has 1 rings (SSSR count). The molecule has 3 heteroatoms. The Kier molecular flexibility index (Phi) is 4.91. The minimum Gasteiger partial charge on any atom is -0.254 e. The number of alkyl halides is 1. The van der Waals surface area contributed by atoms with Gasteiger partial charge in [-0.25, -0.2) is 0 Å². The van der Waals surface area contributed by atoms with Gasteiger partial charge < -0.3 is 0 Å². The molecule has 0 saturated carbocycles. The molecule has 0 heterocycles. The second kappa shape index (κ2) is 5.99. The van der Waals surface area contributed by atoms with E-state index in [9.17, 15) is 4.21 Å². The molecule has 0 amide bonds. The lowest BCUT2D eigenvalue weighted by Crippen LogP contribution is -1.99. The van der Waals surface area contributed by atoms with Gasteiger partial charge >= 0.3 is 0 Å². The molecule has 0 aliphatic carbocycles. The van der Waals surface area contributed by atoms with E-state index in [0.717, 1.165) is 10.5 Å². The Bertz CT molecular complexity index is 332. The lowest BCUT2D eigenvalue weighted by molar-refractivity contribution is 0.684. The number of benzene rings is 1. The van der Waals surface area contributed by atoms with Crippen LogP contribution in [-0.2, 0) is 10.8 Å². The molecule has 1 atom stereocenters. The molecule has 0 aromatic heterocycles. The van der Waals surface area contributed by atoms with Gasteiger partial charge in [0, 0.05) is 16.5 Å². The van der Waals surface area contributed by atoms with Crippen LogP contribution in [0, 0.1) is 0 Å². The fraction of sp³-hybridized carbons (Fsp3) is 0.273. The van der Waals surface area contributed by atoms with Crippen LogP contribution in [0.1, 0.15) is 6.92 Å². The van der Waals surface area contributed by atoms with Crippen LogP contribution in [0.5, 0.6) is 0 Å². The third kappa shape index (κ3) is 3.64. The van der Waals surface area contributed by atoms with E-state index in [1.54, 1.807) is 0 Å². The quantitative estimate of drug-likeness (QED) is 0.572. The third-order valence-electron chi connectivity index (χ3n) is 1.79. The summed E-state index contributed by atoms with van der Waals surface area (Å²) in [6.07, 6.45) is 1.89. The summed E-state index contributed by atoms with van der Waals surface area (Å²) >= 11 is 5.55. The van der Waals surface area contributed by atoms with Crippen LogP contribution in [-0.4, -0.2) is 15.8 Å². The summed E-state index contributed by atoms with van der Waals surface area (Å²) in [6.45, 7) is 1.95. The van der Waals surface area contributed by atoms with Crippen molar-refractivity contribution in [2.75, 3.05) is 11.6 Å². The van der Waals surface area contributed by atoms with Gasteiger partial charge in [-0.05, 0) is 19.1 Å². The fourth-order valence-electron chi connectivity index (χ4n) is 1.05. The summed E-state index contributed by atoms with van der Waals surface area (Å²) in [5, 5.41) is 0. The van der Waals surface area contributed by atoms with Crippen molar-refractivity contribution in [3.63, 3.8) is 0 Å². The van der Waals surface area contributed by atoms with Crippen LogP contribution in [0.15, 0.2) is 46.9 Å². The van der Waals surface area contributed by atoms with E-state index >= 15 is 0 Å². The molecule has 0 aliphatic rings. The Morgan fingerprint density at radius 1 is 1.43 bits per heavy atom. The van der Waals surface area contributed by atoms with E-state index in [1.165, 1.54) is 0 Å². The zero-order valence-corrected chi connectivity index (χ0v) is 9.65. The molecule has 0 fully saturated rings. The second-order valence-corrected chi connectivity index (χ2v) is 4.77. The number of rotatable bonds is 4. The summed E-state index contributed by atoms with van der Waals surface area (Å²) in [4.78, 5) is 0.870. The van der Waals surface area contributed by atoms with Crippen molar-refractivity contribution in [3.05, 3.63) is 42.0 Å². The first-order valence-corrected chi connectivity index (χ1v) is 6.24. The Morgan fingerprint density at radius 2 is 2.07 bits per heavy atom. The molecular formula is C11H13ClOS. The van der Waals surface area contributed by atoms with Gasteiger partial charge in [-0.15, -0.1) is 11.6 Å². The number of hydrogen-bond acceptors (Lipinski definition) is 1. The van der Waals surface area contributed by atoms with E-state index in [4.69, 9.17) is 11.6 Å². The van der Waals surface area contributed by atoms with Crippen LogP contribution < -0.4 is 0 Å². The van der Waals surface area contributed by atoms with Crippen LogP contribution in [0.3, 0.4) is 0 Å². The second-order valence-electron chi connectivity index (χ2n) is 3.01. The lowest BCUT2D eigenvalue weighted by atomic mass is 10.3. The normalized spacial score (nSPS) is 14.0. The average molecular weight is 229 g/mol. The first-order valence-electron chi connectivity index (χ1n) is 4.39.